The van der Waals surface area contributed by atoms with Crippen molar-refractivity contribution in [2.45, 2.75) is 102 Å². The third kappa shape index (κ3) is 4.59. The van der Waals surface area contributed by atoms with Crippen molar-refractivity contribution >= 4 is 0 Å². The zero-order valence-corrected chi connectivity index (χ0v) is 22.1. The number of aryl methyl sites for hydroxylation is 1. The predicted octanol–water partition coefficient (Wildman–Crippen LogP) is 5.71. The van der Waals surface area contributed by atoms with Gasteiger partial charge in [-0.2, -0.15) is 0 Å². The number of rotatable bonds is 6. The number of aromatic nitrogens is 1. The zero-order valence-electron chi connectivity index (χ0n) is 22.1. The van der Waals surface area contributed by atoms with Gasteiger partial charge in [-0.25, -0.2) is 4.98 Å². The average Bonchev–Trinajstić information content (AvgIpc) is 3.41. The van der Waals surface area contributed by atoms with Crippen LogP contribution in [0.5, 0.6) is 0 Å². The van der Waals surface area contributed by atoms with Gasteiger partial charge >= 0.3 is 0 Å². The van der Waals surface area contributed by atoms with Crippen LogP contribution in [0.15, 0.2) is 58.2 Å². The van der Waals surface area contributed by atoms with Crippen LogP contribution in [0.3, 0.4) is 0 Å². The normalized spacial score (nSPS) is 38.0. The van der Waals surface area contributed by atoms with E-state index < -0.39 is 18.3 Å². The lowest BCUT2D eigenvalue weighted by Crippen LogP contribution is -2.35. The maximum atomic E-state index is 11.0. The second-order valence-corrected chi connectivity index (χ2v) is 12.3. The molecule has 0 saturated heterocycles. The van der Waals surface area contributed by atoms with E-state index in [9.17, 15) is 15.3 Å². The third-order valence-electron chi connectivity index (χ3n) is 9.94. The summed E-state index contributed by atoms with van der Waals surface area (Å²) < 4.78 is 5.77. The summed E-state index contributed by atoms with van der Waals surface area (Å²) in [5.74, 6) is 3.00. The lowest BCUT2D eigenvalue weighted by molar-refractivity contribution is 0.0862. The maximum absolute atomic E-state index is 11.0. The number of hydrogen-bond donors (Lipinski definition) is 3. The number of fused-ring (bicyclic) bond motifs is 1. The fourth-order valence-electron chi connectivity index (χ4n) is 7.56. The van der Waals surface area contributed by atoms with E-state index in [2.05, 4.69) is 43.6 Å². The van der Waals surface area contributed by atoms with Crippen LogP contribution in [0, 0.1) is 30.1 Å². The van der Waals surface area contributed by atoms with Gasteiger partial charge in [0.25, 0.3) is 0 Å². The van der Waals surface area contributed by atoms with E-state index in [1.807, 2.05) is 13.0 Å². The van der Waals surface area contributed by atoms with E-state index in [-0.39, 0.29) is 10.8 Å². The van der Waals surface area contributed by atoms with E-state index in [1.54, 1.807) is 6.20 Å². The molecule has 36 heavy (non-hydrogen) atoms. The van der Waals surface area contributed by atoms with Crippen LogP contribution in [-0.4, -0.2) is 38.6 Å². The molecule has 5 rings (SSSR count). The van der Waals surface area contributed by atoms with Crippen molar-refractivity contribution in [3.8, 4) is 0 Å². The first-order chi connectivity index (χ1) is 17.1. The molecule has 0 aromatic carbocycles. The lowest BCUT2D eigenvalue weighted by atomic mass is 9.61. The minimum Gasteiger partial charge on any atom is -0.445 e. The Morgan fingerprint density at radius 1 is 1.17 bits per heavy atom. The second kappa shape index (κ2) is 9.74. The summed E-state index contributed by atoms with van der Waals surface area (Å²) in [5, 5.41) is 31.3. The van der Waals surface area contributed by atoms with Gasteiger partial charge in [0.05, 0.1) is 29.9 Å². The minimum absolute atomic E-state index is 0.247. The fourth-order valence-corrected chi connectivity index (χ4v) is 7.56. The van der Waals surface area contributed by atoms with Crippen molar-refractivity contribution in [1.82, 2.24) is 4.98 Å². The van der Waals surface area contributed by atoms with Gasteiger partial charge in [-0.15, -0.1) is 0 Å². The Hall–Kier alpha value is -1.95. The van der Waals surface area contributed by atoms with E-state index in [4.69, 9.17) is 4.42 Å². The third-order valence-corrected chi connectivity index (χ3v) is 9.94. The van der Waals surface area contributed by atoms with E-state index >= 15 is 0 Å². The van der Waals surface area contributed by atoms with Crippen LogP contribution < -0.4 is 0 Å². The molecule has 196 valence electrons. The summed E-state index contributed by atoms with van der Waals surface area (Å²) >= 11 is 0. The van der Waals surface area contributed by atoms with Gasteiger partial charge in [0, 0.05) is 6.42 Å². The van der Waals surface area contributed by atoms with Crippen molar-refractivity contribution in [2.75, 3.05) is 0 Å². The molecule has 4 aliphatic carbocycles. The standard InChI is InChI=1S/C31H43NO4/c1-19(7-12-28(35)31(14-15-31)29-32-18-20(2)36-29)25-10-11-26-22(6-5-13-30(25,26)4)8-9-23-16-24(33)17-27(34)21(23)3/h7-9,12,18-19,24-28,33-35H,3,5-6,10-11,13-17H2,1-2,4H3/t19-,24-,25-,26+,27+,28-,30-/m1/s1. The van der Waals surface area contributed by atoms with Gasteiger partial charge in [-0.1, -0.05) is 50.3 Å². The molecule has 1 heterocycles. The van der Waals surface area contributed by atoms with Gasteiger partial charge < -0.3 is 19.7 Å². The summed E-state index contributed by atoms with van der Waals surface area (Å²) in [7, 11) is 0. The molecule has 1 aromatic rings. The first-order valence-corrected chi connectivity index (χ1v) is 13.9. The lowest BCUT2D eigenvalue weighted by Gasteiger charge is -2.44. The Labute approximate surface area is 215 Å². The van der Waals surface area contributed by atoms with Crippen LogP contribution in [-0.2, 0) is 5.41 Å². The van der Waals surface area contributed by atoms with Crippen LogP contribution in [0.4, 0.5) is 0 Å². The van der Waals surface area contributed by atoms with Crippen molar-refractivity contribution in [1.29, 1.82) is 0 Å². The Kier molecular flexibility index (Phi) is 6.95. The highest BCUT2D eigenvalue weighted by Gasteiger charge is 2.54. The number of nitrogens with zero attached hydrogens (tertiary/aromatic N) is 1. The smallest absolute Gasteiger partial charge is 0.203 e. The Balaban J connectivity index is 1.29. The fraction of sp³-hybridized carbons (Fsp3) is 0.645. The van der Waals surface area contributed by atoms with Gasteiger partial charge in [-0.05, 0) is 92.6 Å². The number of aliphatic hydroxyl groups is 3. The van der Waals surface area contributed by atoms with Crippen molar-refractivity contribution in [3.63, 3.8) is 0 Å². The van der Waals surface area contributed by atoms with E-state index in [0.717, 1.165) is 36.2 Å². The summed E-state index contributed by atoms with van der Waals surface area (Å²) in [4.78, 5) is 4.41. The Morgan fingerprint density at radius 3 is 2.64 bits per heavy atom. The summed E-state index contributed by atoms with van der Waals surface area (Å²) in [5.41, 5.74) is 3.15. The summed E-state index contributed by atoms with van der Waals surface area (Å²) in [6.45, 7) is 10.8. The minimum atomic E-state index is -0.642. The monoisotopic (exact) mass is 493 g/mol. The molecule has 0 bridgehead atoms. The molecule has 7 atom stereocenters. The zero-order chi connectivity index (χ0) is 25.7. The van der Waals surface area contributed by atoms with E-state index in [0.29, 0.717) is 36.5 Å². The van der Waals surface area contributed by atoms with Crippen molar-refractivity contribution < 1.29 is 19.7 Å². The molecule has 4 aliphatic rings. The number of allylic oxidation sites excluding steroid dienone is 4. The Bertz CT molecular complexity index is 1080. The molecule has 3 N–H and O–H groups in total. The Morgan fingerprint density at radius 2 is 1.94 bits per heavy atom. The molecule has 1 aromatic heterocycles. The van der Waals surface area contributed by atoms with Gasteiger partial charge in [0.1, 0.15) is 5.76 Å². The molecule has 4 saturated carbocycles. The van der Waals surface area contributed by atoms with Crippen LogP contribution in [0.1, 0.15) is 83.3 Å². The summed E-state index contributed by atoms with van der Waals surface area (Å²) in [6, 6.07) is 0. The first kappa shape index (κ1) is 25.7. The van der Waals surface area contributed by atoms with Crippen LogP contribution in [0.2, 0.25) is 0 Å². The predicted molar refractivity (Wildman–Crippen MR) is 141 cm³/mol. The number of aliphatic hydroxyl groups excluding tert-OH is 3. The molecule has 0 unspecified atom stereocenters. The van der Waals surface area contributed by atoms with Crippen molar-refractivity contribution in [3.05, 3.63) is 65.5 Å². The topological polar surface area (TPSA) is 86.7 Å². The highest BCUT2D eigenvalue weighted by Crippen LogP contribution is 2.59. The molecule has 5 heteroatoms. The first-order valence-electron chi connectivity index (χ1n) is 13.9. The van der Waals surface area contributed by atoms with Gasteiger partial charge in [-0.3, -0.25) is 0 Å². The second-order valence-electron chi connectivity index (χ2n) is 12.3. The molecular formula is C31H43NO4. The average molecular weight is 494 g/mol. The van der Waals surface area contributed by atoms with Gasteiger partial charge in [0.15, 0.2) is 0 Å². The summed E-state index contributed by atoms with van der Waals surface area (Å²) in [6.07, 6.45) is 17.4. The molecule has 0 amide bonds. The van der Waals surface area contributed by atoms with Gasteiger partial charge in [0.2, 0.25) is 5.89 Å². The molecule has 0 radical (unpaired) electrons. The van der Waals surface area contributed by atoms with Crippen molar-refractivity contribution in [2.24, 2.45) is 23.2 Å². The quantitative estimate of drug-likeness (QED) is 0.442. The number of hydrogen-bond acceptors (Lipinski definition) is 5. The maximum Gasteiger partial charge on any atom is 0.203 e. The van der Waals surface area contributed by atoms with Crippen LogP contribution >= 0.6 is 0 Å². The molecule has 5 nitrogen and oxygen atoms in total. The molecule has 0 aliphatic heterocycles. The van der Waals surface area contributed by atoms with E-state index in [1.165, 1.54) is 31.3 Å². The molecule has 4 fully saturated rings. The highest BCUT2D eigenvalue weighted by molar-refractivity contribution is 5.38. The number of oxazole rings is 1. The molecule has 0 spiro atoms. The largest absolute Gasteiger partial charge is 0.445 e. The molecular weight excluding hydrogens is 450 g/mol. The highest BCUT2D eigenvalue weighted by atomic mass is 16.4. The van der Waals surface area contributed by atoms with Crippen LogP contribution in [0.25, 0.3) is 0 Å². The SMILES string of the molecule is C=C1C(=CC=C2CCC[C@]3(C)[C@@H]([C@H](C)C=C[C@@H](O)C4(c5ncc(C)o5)CC4)CC[C@@H]23)C[C@@H](O)C[C@@H]1O.